The van der Waals surface area contributed by atoms with Crippen LogP contribution in [0.4, 0.5) is 9.59 Å². The second kappa shape index (κ2) is 7.36. The van der Waals surface area contributed by atoms with E-state index < -0.39 is 6.09 Å². The summed E-state index contributed by atoms with van der Waals surface area (Å²) in [6.07, 6.45) is 4.01. The Labute approximate surface area is 120 Å². The summed E-state index contributed by atoms with van der Waals surface area (Å²) >= 11 is 0. The molecule has 1 aliphatic rings. The van der Waals surface area contributed by atoms with Crippen molar-refractivity contribution >= 4 is 12.2 Å². The van der Waals surface area contributed by atoms with Crippen LogP contribution in [0.5, 0.6) is 0 Å². The molecule has 0 aliphatic heterocycles. The number of hydrogen-bond acceptors (Lipinski definition) is 4. The van der Waals surface area contributed by atoms with Crippen molar-refractivity contribution in [2.24, 2.45) is 0 Å². The van der Waals surface area contributed by atoms with Gasteiger partial charge in [-0.1, -0.05) is 19.3 Å². The van der Waals surface area contributed by atoms with Gasteiger partial charge in [-0.25, -0.2) is 9.59 Å². The van der Waals surface area contributed by atoms with Crippen LogP contribution in [-0.4, -0.2) is 49.4 Å². The van der Waals surface area contributed by atoms with E-state index in [9.17, 15) is 9.59 Å². The SMILES string of the molecule is COC(=O)NCC1(N(C)C(=O)OC(C)C)CCCCC1. The molecule has 0 saturated heterocycles. The van der Waals surface area contributed by atoms with Crippen LogP contribution in [-0.2, 0) is 9.47 Å². The van der Waals surface area contributed by atoms with Crippen molar-refractivity contribution in [1.82, 2.24) is 10.2 Å². The first-order chi connectivity index (χ1) is 9.41. The number of carbonyl (C=O) groups is 2. The molecule has 0 unspecified atom stereocenters. The average molecular weight is 286 g/mol. The molecule has 0 aromatic heterocycles. The van der Waals surface area contributed by atoms with Crippen LogP contribution in [0.3, 0.4) is 0 Å². The van der Waals surface area contributed by atoms with E-state index in [4.69, 9.17) is 4.74 Å². The van der Waals surface area contributed by atoms with E-state index in [1.165, 1.54) is 7.11 Å². The molecule has 0 bridgehead atoms. The van der Waals surface area contributed by atoms with Crippen LogP contribution in [0.1, 0.15) is 46.0 Å². The fourth-order valence-corrected chi connectivity index (χ4v) is 2.62. The summed E-state index contributed by atoms with van der Waals surface area (Å²) in [6, 6.07) is 0. The molecule has 6 heteroatoms. The third-order valence-corrected chi connectivity index (χ3v) is 3.85. The van der Waals surface area contributed by atoms with E-state index in [0.717, 1.165) is 32.1 Å². The first-order valence-corrected chi connectivity index (χ1v) is 7.17. The molecular weight excluding hydrogens is 260 g/mol. The Bertz CT molecular complexity index is 338. The van der Waals surface area contributed by atoms with Crippen LogP contribution in [0.15, 0.2) is 0 Å². The van der Waals surface area contributed by atoms with Crippen LogP contribution in [0.25, 0.3) is 0 Å². The van der Waals surface area contributed by atoms with Gasteiger partial charge in [-0.05, 0) is 26.7 Å². The first-order valence-electron chi connectivity index (χ1n) is 7.17. The number of nitrogens with one attached hydrogen (secondary N) is 1. The highest BCUT2D eigenvalue weighted by atomic mass is 16.6. The lowest BCUT2D eigenvalue weighted by atomic mass is 9.80. The monoisotopic (exact) mass is 286 g/mol. The number of rotatable bonds is 4. The Hall–Kier alpha value is -1.46. The normalized spacial score (nSPS) is 17.4. The second-order valence-corrected chi connectivity index (χ2v) is 5.62. The molecule has 0 radical (unpaired) electrons. The van der Waals surface area contributed by atoms with Crippen molar-refractivity contribution in [2.75, 3.05) is 20.7 Å². The van der Waals surface area contributed by atoms with Gasteiger partial charge in [-0.15, -0.1) is 0 Å². The van der Waals surface area contributed by atoms with Gasteiger partial charge in [0.1, 0.15) is 0 Å². The highest BCUT2D eigenvalue weighted by molar-refractivity contribution is 5.69. The number of carbonyl (C=O) groups excluding carboxylic acids is 2. The summed E-state index contributed by atoms with van der Waals surface area (Å²) in [5, 5.41) is 2.72. The molecule has 1 saturated carbocycles. The van der Waals surface area contributed by atoms with E-state index in [2.05, 4.69) is 10.1 Å². The maximum Gasteiger partial charge on any atom is 0.410 e. The van der Waals surface area contributed by atoms with Crippen molar-refractivity contribution in [1.29, 1.82) is 0 Å². The number of methoxy groups -OCH3 is 1. The molecule has 0 heterocycles. The topological polar surface area (TPSA) is 67.9 Å². The van der Waals surface area contributed by atoms with E-state index in [-0.39, 0.29) is 17.7 Å². The zero-order chi connectivity index (χ0) is 15.2. The van der Waals surface area contributed by atoms with Crippen molar-refractivity contribution in [3.63, 3.8) is 0 Å². The summed E-state index contributed by atoms with van der Waals surface area (Å²) in [5.41, 5.74) is -0.377. The van der Waals surface area contributed by atoms with Crippen molar-refractivity contribution in [2.45, 2.75) is 57.6 Å². The average Bonchev–Trinajstić information content (AvgIpc) is 2.44. The van der Waals surface area contributed by atoms with Gasteiger partial charge in [0.25, 0.3) is 0 Å². The van der Waals surface area contributed by atoms with Crippen LogP contribution >= 0.6 is 0 Å². The molecule has 1 aliphatic carbocycles. The zero-order valence-electron chi connectivity index (χ0n) is 12.9. The fourth-order valence-electron chi connectivity index (χ4n) is 2.62. The Kier molecular flexibility index (Phi) is 6.10. The Balaban J connectivity index is 2.75. The van der Waals surface area contributed by atoms with Gasteiger partial charge >= 0.3 is 12.2 Å². The third-order valence-electron chi connectivity index (χ3n) is 3.85. The highest BCUT2D eigenvalue weighted by Gasteiger charge is 2.39. The van der Waals surface area contributed by atoms with Crippen molar-refractivity contribution < 1.29 is 19.1 Å². The highest BCUT2D eigenvalue weighted by Crippen LogP contribution is 2.33. The van der Waals surface area contributed by atoms with Crippen LogP contribution < -0.4 is 5.32 Å². The maximum atomic E-state index is 12.1. The molecule has 0 aromatic rings. The second-order valence-electron chi connectivity index (χ2n) is 5.62. The van der Waals surface area contributed by atoms with Crippen molar-refractivity contribution in [3.05, 3.63) is 0 Å². The molecule has 0 aromatic carbocycles. The molecule has 0 atom stereocenters. The number of nitrogens with zero attached hydrogens (tertiary/aromatic N) is 1. The Morgan fingerprint density at radius 2 is 1.85 bits per heavy atom. The van der Waals surface area contributed by atoms with Crippen molar-refractivity contribution in [3.8, 4) is 0 Å². The molecule has 116 valence electrons. The predicted octanol–water partition coefficient (Wildman–Crippen LogP) is 2.52. The molecule has 2 amide bonds. The molecule has 20 heavy (non-hydrogen) atoms. The third kappa shape index (κ3) is 4.28. The Morgan fingerprint density at radius 3 is 2.35 bits per heavy atom. The maximum absolute atomic E-state index is 12.1. The minimum atomic E-state index is -0.472. The van der Waals surface area contributed by atoms with Gasteiger partial charge in [0.05, 0.1) is 18.8 Å². The summed E-state index contributed by atoms with van der Waals surface area (Å²) in [6.45, 7) is 4.04. The number of alkyl carbamates (subject to hydrolysis) is 1. The fraction of sp³-hybridized carbons (Fsp3) is 0.857. The lowest BCUT2D eigenvalue weighted by molar-refractivity contribution is 0.0295. The lowest BCUT2D eigenvalue weighted by Crippen LogP contribution is -2.57. The largest absolute Gasteiger partial charge is 0.453 e. The molecule has 6 nitrogen and oxygen atoms in total. The Morgan fingerprint density at radius 1 is 1.25 bits per heavy atom. The van der Waals surface area contributed by atoms with Gasteiger partial charge < -0.3 is 19.7 Å². The van der Waals surface area contributed by atoms with Gasteiger partial charge in [-0.2, -0.15) is 0 Å². The minimum Gasteiger partial charge on any atom is -0.453 e. The molecule has 0 spiro atoms. The summed E-state index contributed by atoms with van der Waals surface area (Å²) in [7, 11) is 3.08. The number of amides is 2. The van der Waals surface area contributed by atoms with Gasteiger partial charge in [0.2, 0.25) is 0 Å². The number of hydrogen-bond donors (Lipinski definition) is 1. The number of ether oxygens (including phenoxy) is 2. The smallest absolute Gasteiger partial charge is 0.410 e. The van der Waals surface area contributed by atoms with Crippen LogP contribution in [0, 0.1) is 0 Å². The molecule has 1 N–H and O–H groups in total. The molecule has 1 rings (SSSR count). The van der Waals surface area contributed by atoms with Gasteiger partial charge in [0.15, 0.2) is 0 Å². The zero-order valence-corrected chi connectivity index (χ0v) is 12.9. The first kappa shape index (κ1) is 16.6. The number of likely N-dealkylation sites (N-methyl/N-ethyl adjacent to an activating group) is 1. The quantitative estimate of drug-likeness (QED) is 0.862. The molecule has 1 fully saturated rings. The van der Waals surface area contributed by atoms with Crippen LogP contribution in [0.2, 0.25) is 0 Å². The van der Waals surface area contributed by atoms with Gasteiger partial charge in [-0.3, -0.25) is 0 Å². The standard InChI is InChI=1S/C14H26N2O4/c1-11(2)20-13(18)16(3)14(8-6-5-7-9-14)10-15-12(17)19-4/h11H,5-10H2,1-4H3,(H,15,17). The summed E-state index contributed by atoms with van der Waals surface area (Å²) in [4.78, 5) is 25.1. The van der Waals surface area contributed by atoms with E-state index >= 15 is 0 Å². The minimum absolute atomic E-state index is 0.154. The predicted molar refractivity (Wildman–Crippen MR) is 75.6 cm³/mol. The lowest BCUT2D eigenvalue weighted by Gasteiger charge is -2.44. The van der Waals surface area contributed by atoms with E-state index in [0.29, 0.717) is 6.54 Å². The van der Waals surface area contributed by atoms with E-state index in [1.807, 2.05) is 13.8 Å². The summed E-state index contributed by atoms with van der Waals surface area (Å²) in [5.74, 6) is 0. The summed E-state index contributed by atoms with van der Waals surface area (Å²) < 4.78 is 9.87. The molecular formula is C14H26N2O4. The van der Waals surface area contributed by atoms with Gasteiger partial charge in [0, 0.05) is 13.6 Å². The van der Waals surface area contributed by atoms with E-state index in [1.54, 1.807) is 11.9 Å².